The summed E-state index contributed by atoms with van der Waals surface area (Å²) in [7, 11) is 0. The number of hydrogen-bond acceptors (Lipinski definition) is 4. The maximum absolute atomic E-state index is 11.2. The normalized spacial score (nSPS) is 10.2. The number of rotatable bonds is 4. The van der Waals surface area contributed by atoms with Crippen LogP contribution >= 0.6 is 0 Å². The van der Waals surface area contributed by atoms with Gasteiger partial charge in [-0.05, 0) is 25.5 Å². The van der Waals surface area contributed by atoms with Crippen molar-refractivity contribution in [2.45, 2.75) is 19.4 Å². The van der Waals surface area contributed by atoms with Crippen LogP contribution in [0.2, 0.25) is 0 Å². The molecule has 0 unspecified atom stereocenters. The molecule has 0 radical (unpaired) electrons. The van der Waals surface area contributed by atoms with Crippen LogP contribution < -0.4 is 17.2 Å². The molecule has 0 spiro atoms. The van der Waals surface area contributed by atoms with Gasteiger partial charge in [0, 0.05) is 12.7 Å². The van der Waals surface area contributed by atoms with Crippen LogP contribution in [0, 0.1) is 0 Å². The number of aromatic nitrogens is 2. The van der Waals surface area contributed by atoms with E-state index in [4.69, 9.17) is 11.5 Å². The van der Waals surface area contributed by atoms with Gasteiger partial charge in [0.05, 0.1) is 0 Å². The molecule has 5 heteroatoms. The van der Waals surface area contributed by atoms with Gasteiger partial charge in [0.1, 0.15) is 5.82 Å². The maximum atomic E-state index is 11.2. The summed E-state index contributed by atoms with van der Waals surface area (Å²) in [6.45, 7) is 1.31. The van der Waals surface area contributed by atoms with Crippen LogP contribution in [0.15, 0.2) is 17.1 Å². The molecule has 0 saturated heterocycles. The van der Waals surface area contributed by atoms with Crippen LogP contribution in [-0.4, -0.2) is 16.1 Å². The van der Waals surface area contributed by atoms with Crippen molar-refractivity contribution in [2.24, 2.45) is 5.73 Å². The van der Waals surface area contributed by atoms with Crippen molar-refractivity contribution < 1.29 is 0 Å². The fourth-order valence-electron chi connectivity index (χ4n) is 1.04. The van der Waals surface area contributed by atoms with E-state index in [-0.39, 0.29) is 11.5 Å². The van der Waals surface area contributed by atoms with E-state index in [1.807, 2.05) is 0 Å². The van der Waals surface area contributed by atoms with Gasteiger partial charge in [-0.1, -0.05) is 0 Å². The SMILES string of the molecule is NCCCCn1ccc(N)nc1=O. The minimum absolute atomic E-state index is 0.264. The predicted molar refractivity (Wildman–Crippen MR) is 51.2 cm³/mol. The molecule has 0 fully saturated rings. The monoisotopic (exact) mass is 182 g/mol. The second-order valence-electron chi connectivity index (χ2n) is 2.82. The van der Waals surface area contributed by atoms with Crippen molar-refractivity contribution in [1.82, 2.24) is 9.55 Å². The van der Waals surface area contributed by atoms with Gasteiger partial charge in [-0.15, -0.1) is 0 Å². The van der Waals surface area contributed by atoms with E-state index in [0.29, 0.717) is 13.1 Å². The van der Waals surface area contributed by atoms with E-state index in [2.05, 4.69) is 4.98 Å². The number of aryl methyl sites for hydroxylation is 1. The summed E-state index contributed by atoms with van der Waals surface area (Å²) in [5, 5.41) is 0. The lowest BCUT2D eigenvalue weighted by Crippen LogP contribution is -2.23. The Morgan fingerprint density at radius 1 is 1.46 bits per heavy atom. The molecule has 0 saturated carbocycles. The Morgan fingerprint density at radius 2 is 2.23 bits per heavy atom. The first-order valence-corrected chi connectivity index (χ1v) is 4.27. The first-order valence-electron chi connectivity index (χ1n) is 4.27. The average molecular weight is 182 g/mol. The summed E-state index contributed by atoms with van der Waals surface area (Å²) in [6, 6.07) is 1.61. The van der Waals surface area contributed by atoms with E-state index in [1.54, 1.807) is 12.3 Å². The molecule has 0 bridgehead atoms. The van der Waals surface area contributed by atoms with Gasteiger partial charge in [-0.3, -0.25) is 4.57 Å². The van der Waals surface area contributed by atoms with Gasteiger partial charge in [-0.2, -0.15) is 4.98 Å². The molecule has 4 N–H and O–H groups in total. The molecule has 0 aliphatic rings. The predicted octanol–water partition coefficient (Wildman–Crippen LogP) is -0.436. The Labute approximate surface area is 76.4 Å². The molecule has 1 aromatic rings. The molecular formula is C8H14N4O. The zero-order chi connectivity index (χ0) is 9.68. The highest BCUT2D eigenvalue weighted by Crippen LogP contribution is 1.93. The van der Waals surface area contributed by atoms with Gasteiger partial charge >= 0.3 is 5.69 Å². The lowest BCUT2D eigenvalue weighted by atomic mass is 10.3. The quantitative estimate of drug-likeness (QED) is 0.618. The van der Waals surface area contributed by atoms with Crippen molar-refractivity contribution in [3.05, 3.63) is 22.7 Å². The highest BCUT2D eigenvalue weighted by atomic mass is 16.1. The van der Waals surface area contributed by atoms with Crippen molar-refractivity contribution in [3.63, 3.8) is 0 Å². The molecule has 1 heterocycles. The largest absolute Gasteiger partial charge is 0.383 e. The number of anilines is 1. The van der Waals surface area contributed by atoms with Crippen LogP contribution in [-0.2, 0) is 6.54 Å². The maximum Gasteiger partial charge on any atom is 0.349 e. The number of nitrogens with zero attached hydrogens (tertiary/aromatic N) is 2. The van der Waals surface area contributed by atoms with E-state index in [1.165, 1.54) is 4.57 Å². The Bertz CT molecular complexity index is 320. The zero-order valence-corrected chi connectivity index (χ0v) is 7.44. The molecule has 0 amide bonds. The second kappa shape index (κ2) is 4.61. The topological polar surface area (TPSA) is 86.9 Å². The summed E-state index contributed by atoms with van der Waals surface area (Å²) < 4.78 is 1.53. The van der Waals surface area contributed by atoms with Gasteiger partial charge in [-0.25, -0.2) is 4.79 Å². The molecule has 0 aromatic carbocycles. The Morgan fingerprint density at radius 3 is 2.85 bits per heavy atom. The molecule has 0 aliphatic carbocycles. The minimum atomic E-state index is -0.294. The third kappa shape index (κ3) is 2.87. The second-order valence-corrected chi connectivity index (χ2v) is 2.82. The number of nitrogen functional groups attached to an aromatic ring is 1. The smallest absolute Gasteiger partial charge is 0.349 e. The van der Waals surface area contributed by atoms with Crippen molar-refractivity contribution >= 4 is 5.82 Å². The molecule has 1 aromatic heterocycles. The van der Waals surface area contributed by atoms with Gasteiger partial charge in [0.25, 0.3) is 0 Å². The average Bonchev–Trinajstić information content (AvgIpc) is 2.09. The van der Waals surface area contributed by atoms with Gasteiger partial charge in [0.15, 0.2) is 0 Å². The zero-order valence-electron chi connectivity index (χ0n) is 7.44. The lowest BCUT2D eigenvalue weighted by Gasteiger charge is -2.03. The molecule has 1 rings (SSSR count). The van der Waals surface area contributed by atoms with E-state index in [0.717, 1.165) is 12.8 Å². The fraction of sp³-hybridized carbons (Fsp3) is 0.500. The standard InChI is InChI=1S/C8H14N4O/c9-4-1-2-5-12-6-3-7(10)11-8(12)13/h3,6H,1-2,4-5,9H2,(H2,10,11,13). The van der Waals surface area contributed by atoms with Crippen LogP contribution in [0.25, 0.3) is 0 Å². The Balaban J connectivity index is 2.62. The first kappa shape index (κ1) is 9.73. The fourth-order valence-corrected chi connectivity index (χ4v) is 1.04. The minimum Gasteiger partial charge on any atom is -0.383 e. The van der Waals surface area contributed by atoms with Gasteiger partial charge in [0.2, 0.25) is 0 Å². The van der Waals surface area contributed by atoms with E-state index in [9.17, 15) is 4.79 Å². The van der Waals surface area contributed by atoms with Crippen molar-refractivity contribution in [2.75, 3.05) is 12.3 Å². The molecule has 13 heavy (non-hydrogen) atoms. The van der Waals surface area contributed by atoms with E-state index < -0.39 is 0 Å². The molecular weight excluding hydrogens is 168 g/mol. The van der Waals surface area contributed by atoms with Crippen LogP contribution in [0.4, 0.5) is 5.82 Å². The van der Waals surface area contributed by atoms with Crippen LogP contribution in [0.5, 0.6) is 0 Å². The third-order valence-corrected chi connectivity index (χ3v) is 1.75. The Kier molecular flexibility index (Phi) is 3.45. The lowest BCUT2D eigenvalue weighted by molar-refractivity contribution is 0.587. The highest BCUT2D eigenvalue weighted by Gasteiger charge is 1.96. The summed E-state index contributed by atoms with van der Waals surface area (Å²) in [4.78, 5) is 14.8. The van der Waals surface area contributed by atoms with Crippen molar-refractivity contribution in [3.8, 4) is 0 Å². The summed E-state index contributed by atoms with van der Waals surface area (Å²) in [5.74, 6) is 0.264. The van der Waals surface area contributed by atoms with Gasteiger partial charge < -0.3 is 11.5 Å². The number of unbranched alkanes of at least 4 members (excludes halogenated alkanes) is 1. The number of nitrogens with two attached hydrogens (primary N) is 2. The van der Waals surface area contributed by atoms with Crippen LogP contribution in [0.1, 0.15) is 12.8 Å². The van der Waals surface area contributed by atoms with E-state index >= 15 is 0 Å². The first-order chi connectivity index (χ1) is 6.24. The summed E-state index contributed by atoms with van der Waals surface area (Å²) in [6.07, 6.45) is 3.46. The molecule has 0 atom stereocenters. The Hall–Kier alpha value is -1.36. The molecule has 0 aliphatic heterocycles. The van der Waals surface area contributed by atoms with Crippen molar-refractivity contribution in [1.29, 1.82) is 0 Å². The third-order valence-electron chi connectivity index (χ3n) is 1.75. The van der Waals surface area contributed by atoms with Crippen LogP contribution in [0.3, 0.4) is 0 Å². The molecule has 72 valence electrons. The molecule has 5 nitrogen and oxygen atoms in total. The summed E-state index contributed by atoms with van der Waals surface area (Å²) in [5.41, 5.74) is 10.4. The number of hydrogen-bond donors (Lipinski definition) is 2. The summed E-state index contributed by atoms with van der Waals surface area (Å²) >= 11 is 0. The highest BCUT2D eigenvalue weighted by molar-refractivity contribution is 5.23.